The number of nitrogens with zero attached hydrogens (tertiary/aromatic N) is 2. The molecule has 0 fully saturated rings. The first-order valence-corrected chi connectivity index (χ1v) is 18.1. The van der Waals surface area contributed by atoms with Crippen molar-refractivity contribution in [3.05, 3.63) is 84.2 Å². The predicted octanol–water partition coefficient (Wildman–Crippen LogP) is 5.19. The summed E-state index contributed by atoms with van der Waals surface area (Å²) in [5.74, 6) is 6.36. The van der Waals surface area contributed by atoms with Gasteiger partial charge in [0.05, 0.1) is 50.3 Å². The van der Waals surface area contributed by atoms with Crippen LogP contribution >= 0.6 is 0 Å². The van der Waals surface area contributed by atoms with Gasteiger partial charge in [0.2, 0.25) is 25.0 Å². The van der Waals surface area contributed by atoms with Gasteiger partial charge in [-0.2, -0.15) is 9.13 Å². The van der Waals surface area contributed by atoms with E-state index in [1.54, 1.807) is 28.4 Å². The maximum Gasteiger partial charge on any atom is 0.231 e. The Morgan fingerprint density at radius 2 is 0.963 bits per heavy atom. The fourth-order valence-electron chi connectivity index (χ4n) is 7.54. The Morgan fingerprint density at radius 1 is 0.574 bits per heavy atom. The number of fused-ring (bicyclic) bond motifs is 10. The standard InChI is InChI=1S/2C20H18NO4.H2O3S/c2*1-22-17-4-3-12-7-16-14-9-19-18(24-11-25-19)8-13(14)5-6-21(16)10-15(12)20(17)23-2;1-4(2)3/h2*3-4,7-10H,5-6,11H2,1-2H3;(H2,1,2,3)/q2*+1;/p-2. The molecule has 10 rings (SSSR count). The van der Waals surface area contributed by atoms with Crippen LogP contribution in [0.3, 0.4) is 0 Å². The molecule has 6 aromatic rings. The lowest BCUT2D eigenvalue weighted by molar-refractivity contribution is -0.686. The highest BCUT2D eigenvalue weighted by Crippen LogP contribution is 2.43. The number of rotatable bonds is 4. The van der Waals surface area contributed by atoms with Gasteiger partial charge in [-0.1, -0.05) is 0 Å². The molecule has 4 aliphatic rings. The van der Waals surface area contributed by atoms with Crippen molar-refractivity contribution in [3.63, 3.8) is 0 Å². The van der Waals surface area contributed by atoms with Crippen molar-refractivity contribution < 1.29 is 60.3 Å². The van der Waals surface area contributed by atoms with E-state index in [1.807, 2.05) is 12.1 Å². The first-order chi connectivity index (χ1) is 26.3. The summed E-state index contributed by atoms with van der Waals surface area (Å²) in [6.07, 6.45) is 6.22. The minimum Gasteiger partial charge on any atom is -0.784 e. The quantitative estimate of drug-likeness (QED) is 0.173. The average molecular weight is 753 g/mol. The molecular weight excluding hydrogens is 717 g/mol. The Morgan fingerprint density at radius 3 is 1.33 bits per heavy atom. The molecule has 14 heteroatoms. The molecule has 0 saturated heterocycles. The van der Waals surface area contributed by atoms with E-state index in [-0.39, 0.29) is 0 Å². The van der Waals surface area contributed by atoms with E-state index in [9.17, 15) is 0 Å². The average Bonchev–Trinajstić information content (AvgIpc) is 3.85. The van der Waals surface area contributed by atoms with E-state index in [4.69, 9.17) is 51.2 Å². The molecule has 13 nitrogen and oxygen atoms in total. The van der Waals surface area contributed by atoms with Gasteiger partial charge in [0.1, 0.15) is 0 Å². The lowest BCUT2D eigenvalue weighted by atomic mass is 9.95. The van der Waals surface area contributed by atoms with Crippen LogP contribution < -0.4 is 47.0 Å². The smallest absolute Gasteiger partial charge is 0.231 e. The van der Waals surface area contributed by atoms with Crippen LogP contribution in [0.2, 0.25) is 0 Å². The van der Waals surface area contributed by atoms with E-state index in [0.29, 0.717) is 13.6 Å². The Kier molecular flexibility index (Phi) is 9.48. The maximum atomic E-state index is 8.44. The molecule has 0 atom stereocenters. The molecule has 0 saturated carbocycles. The van der Waals surface area contributed by atoms with E-state index in [0.717, 1.165) is 93.5 Å². The minimum absolute atomic E-state index is 0.299. The fraction of sp³-hybridized carbons (Fsp3) is 0.250. The summed E-state index contributed by atoms with van der Waals surface area (Å²) in [5, 5.41) is 4.34. The number of pyridine rings is 2. The maximum absolute atomic E-state index is 8.44. The van der Waals surface area contributed by atoms with Crippen LogP contribution in [0, 0.1) is 0 Å². The zero-order valence-electron chi connectivity index (χ0n) is 30.0. The van der Waals surface area contributed by atoms with Gasteiger partial charge in [0, 0.05) is 25.0 Å². The van der Waals surface area contributed by atoms with Crippen molar-refractivity contribution >= 4 is 32.9 Å². The number of benzene rings is 4. The van der Waals surface area contributed by atoms with Crippen molar-refractivity contribution in [3.8, 4) is 68.5 Å². The first-order valence-electron chi connectivity index (χ1n) is 17.1. The summed E-state index contributed by atoms with van der Waals surface area (Å²) in [5.41, 5.74) is 7.35. The summed E-state index contributed by atoms with van der Waals surface area (Å²) in [6, 6.07) is 20.8. The van der Waals surface area contributed by atoms with Gasteiger partial charge in [-0.15, -0.1) is 11.4 Å². The third kappa shape index (κ3) is 6.31. The molecule has 4 aliphatic heterocycles. The van der Waals surface area contributed by atoms with E-state index < -0.39 is 11.4 Å². The number of ether oxygens (including phenoxy) is 8. The third-order valence-corrected chi connectivity index (χ3v) is 10.0. The molecule has 6 heterocycles. The van der Waals surface area contributed by atoms with Crippen LogP contribution in [0.15, 0.2) is 73.1 Å². The molecule has 278 valence electrons. The van der Waals surface area contributed by atoms with Gasteiger partial charge < -0.3 is 47.0 Å². The molecule has 0 amide bonds. The SMILES string of the molecule is COc1ccc2cc3[n+](cc2c1OC)CCc1cc2c(cc1-3)OCO2.COc1ccc2cc3[n+](cc2c1OC)CCc1cc2c(cc1-3)OCO2.O=S([O-])[O-]. The molecule has 54 heavy (non-hydrogen) atoms. The van der Waals surface area contributed by atoms with Crippen LogP contribution in [0.25, 0.3) is 44.1 Å². The molecule has 0 spiro atoms. The molecule has 0 radical (unpaired) electrons. The van der Waals surface area contributed by atoms with Gasteiger partial charge in [0.15, 0.2) is 71.5 Å². The first kappa shape index (κ1) is 35.2. The second-order valence-corrected chi connectivity index (χ2v) is 13.1. The highest BCUT2D eigenvalue weighted by Gasteiger charge is 2.30. The monoisotopic (exact) mass is 752 g/mol. The van der Waals surface area contributed by atoms with Crippen molar-refractivity contribution in [2.24, 2.45) is 0 Å². The normalized spacial score (nSPS) is 13.8. The number of hydrogen-bond acceptors (Lipinski definition) is 11. The van der Waals surface area contributed by atoms with Crippen LogP contribution in [0.5, 0.6) is 46.0 Å². The van der Waals surface area contributed by atoms with E-state index in [1.165, 1.54) is 33.6 Å². The minimum atomic E-state index is -3.11. The summed E-state index contributed by atoms with van der Waals surface area (Å²) >= 11 is -3.11. The van der Waals surface area contributed by atoms with Gasteiger partial charge >= 0.3 is 0 Å². The zero-order valence-corrected chi connectivity index (χ0v) is 30.8. The molecule has 0 N–H and O–H groups in total. The van der Waals surface area contributed by atoms with Crippen molar-refractivity contribution in [1.82, 2.24) is 0 Å². The molecule has 0 bridgehead atoms. The Hall–Kier alpha value is -5.83. The molecule has 2 aromatic heterocycles. The molecular formula is C40H36N2O11S. The van der Waals surface area contributed by atoms with Crippen molar-refractivity contribution in [2.45, 2.75) is 25.9 Å². The van der Waals surface area contributed by atoms with Crippen LogP contribution in [-0.2, 0) is 37.3 Å². The summed E-state index contributed by atoms with van der Waals surface area (Å²) in [4.78, 5) is 0. The topological polar surface area (TPSA) is 145 Å². The zero-order chi connectivity index (χ0) is 37.5. The number of aromatic nitrogens is 2. The highest BCUT2D eigenvalue weighted by atomic mass is 32.2. The van der Waals surface area contributed by atoms with Crippen LogP contribution in [-0.4, -0.2) is 55.3 Å². The fourth-order valence-corrected chi connectivity index (χ4v) is 7.54. The summed E-state index contributed by atoms with van der Waals surface area (Å²) in [7, 11) is 6.68. The van der Waals surface area contributed by atoms with Crippen molar-refractivity contribution in [1.29, 1.82) is 0 Å². The second kappa shape index (κ2) is 14.5. The summed E-state index contributed by atoms with van der Waals surface area (Å²) < 4.78 is 74.1. The highest BCUT2D eigenvalue weighted by molar-refractivity contribution is 7.72. The predicted molar refractivity (Wildman–Crippen MR) is 195 cm³/mol. The van der Waals surface area contributed by atoms with Gasteiger partial charge in [-0.05, 0) is 70.4 Å². The van der Waals surface area contributed by atoms with E-state index in [2.05, 4.69) is 70.1 Å². The largest absolute Gasteiger partial charge is 0.784 e. The summed E-state index contributed by atoms with van der Waals surface area (Å²) in [6.45, 7) is 2.43. The van der Waals surface area contributed by atoms with E-state index >= 15 is 0 Å². The van der Waals surface area contributed by atoms with Crippen LogP contribution in [0.4, 0.5) is 0 Å². The molecule has 0 aliphatic carbocycles. The lowest BCUT2D eigenvalue weighted by Gasteiger charge is -2.17. The van der Waals surface area contributed by atoms with Gasteiger partial charge in [0.25, 0.3) is 0 Å². The van der Waals surface area contributed by atoms with Crippen LogP contribution in [0.1, 0.15) is 11.1 Å². The third-order valence-electron chi connectivity index (χ3n) is 10.0. The van der Waals surface area contributed by atoms with Gasteiger partial charge in [-0.25, -0.2) is 0 Å². The lowest BCUT2D eigenvalue weighted by Crippen LogP contribution is -2.40. The van der Waals surface area contributed by atoms with Gasteiger partial charge in [-0.3, -0.25) is 4.21 Å². The Balaban J connectivity index is 0.000000140. The number of aryl methyl sites for hydroxylation is 4. The molecule has 0 unspecified atom stereocenters. The number of methoxy groups -OCH3 is 4. The Labute approximate surface area is 313 Å². The number of hydrogen-bond donors (Lipinski definition) is 0. The Bertz CT molecular complexity index is 2300. The van der Waals surface area contributed by atoms with Crippen molar-refractivity contribution in [2.75, 3.05) is 42.0 Å². The molecule has 4 aromatic carbocycles. The second-order valence-electron chi connectivity index (χ2n) is 12.7.